The van der Waals surface area contributed by atoms with Crippen molar-refractivity contribution in [1.29, 1.82) is 0 Å². The molecule has 1 amide bonds. The normalized spacial score (nSPS) is 17.7. The lowest BCUT2D eigenvalue weighted by Gasteiger charge is -2.25. The van der Waals surface area contributed by atoms with Gasteiger partial charge in [-0.2, -0.15) is 0 Å². The number of hydrogen-bond acceptors (Lipinski definition) is 8. The van der Waals surface area contributed by atoms with E-state index in [1.807, 2.05) is 16.7 Å². The fourth-order valence-corrected chi connectivity index (χ4v) is 4.22. The van der Waals surface area contributed by atoms with E-state index in [4.69, 9.17) is 16.2 Å². The molecule has 0 spiro atoms. The first-order valence-corrected chi connectivity index (χ1v) is 11.3. The summed E-state index contributed by atoms with van der Waals surface area (Å²) in [5.74, 6) is 1.21. The van der Waals surface area contributed by atoms with Crippen molar-refractivity contribution in [3.8, 4) is 5.75 Å². The molecule has 1 saturated carbocycles. The Hall–Kier alpha value is -2.92. The summed E-state index contributed by atoms with van der Waals surface area (Å²) in [6.07, 6.45) is 7.28. The standard InChI is InChI=1S/C17H20BrN7O.C4H7NO/c1-26-13-3-2-12(18)11(15(13)24-5-4-10(19)6-24)7-25-9-23-14-16(20)21-8-22-17(14)25;6-3-5-4-1-2-4/h2-3,8-10H,4-7,19H2,1H3,(H2,20,21,22);3-4H,1-2H2,(H,5,6). The number of rotatable bonds is 6. The Morgan fingerprint density at radius 3 is 2.72 bits per heavy atom. The number of hydrogen-bond donors (Lipinski definition) is 3. The zero-order chi connectivity index (χ0) is 22.7. The summed E-state index contributed by atoms with van der Waals surface area (Å²) in [7, 11) is 1.69. The molecule has 2 fully saturated rings. The molecule has 11 heteroatoms. The number of nitrogens with two attached hydrogens (primary N) is 2. The van der Waals surface area contributed by atoms with Gasteiger partial charge in [-0.3, -0.25) is 4.79 Å². The van der Waals surface area contributed by atoms with Gasteiger partial charge < -0.3 is 31.0 Å². The Balaban J connectivity index is 0.000000354. The lowest BCUT2D eigenvalue weighted by atomic mass is 10.1. The molecule has 10 nitrogen and oxygen atoms in total. The molecule has 1 aromatic carbocycles. The Morgan fingerprint density at radius 1 is 1.28 bits per heavy atom. The summed E-state index contributed by atoms with van der Waals surface area (Å²) in [5, 5.41) is 2.64. The molecule has 2 aliphatic rings. The maximum absolute atomic E-state index is 9.54. The highest BCUT2D eigenvalue weighted by atomic mass is 79.9. The van der Waals surface area contributed by atoms with Crippen LogP contribution < -0.4 is 26.4 Å². The molecule has 3 heterocycles. The molecule has 5 N–H and O–H groups in total. The molecule has 3 aromatic rings. The first kappa shape index (κ1) is 22.3. The van der Waals surface area contributed by atoms with Crippen molar-refractivity contribution in [2.75, 3.05) is 30.8 Å². The van der Waals surface area contributed by atoms with Crippen LogP contribution in [-0.2, 0) is 11.3 Å². The highest BCUT2D eigenvalue weighted by molar-refractivity contribution is 9.10. The lowest BCUT2D eigenvalue weighted by molar-refractivity contribution is -0.109. The second kappa shape index (κ2) is 9.70. The van der Waals surface area contributed by atoms with Gasteiger partial charge in [-0.05, 0) is 31.4 Å². The monoisotopic (exact) mass is 502 g/mol. The number of nitrogens with zero attached hydrogens (tertiary/aromatic N) is 5. The van der Waals surface area contributed by atoms with Crippen molar-refractivity contribution in [2.24, 2.45) is 5.73 Å². The van der Waals surface area contributed by atoms with E-state index in [1.165, 1.54) is 19.2 Å². The zero-order valence-electron chi connectivity index (χ0n) is 17.9. The van der Waals surface area contributed by atoms with Crippen LogP contribution in [0.1, 0.15) is 24.8 Å². The Morgan fingerprint density at radius 2 is 2.09 bits per heavy atom. The minimum atomic E-state index is 0.174. The highest BCUT2D eigenvalue weighted by Crippen LogP contribution is 2.39. The molecule has 2 aromatic heterocycles. The van der Waals surface area contributed by atoms with Crippen LogP contribution in [0.3, 0.4) is 0 Å². The number of nitrogen functional groups attached to an aromatic ring is 1. The zero-order valence-corrected chi connectivity index (χ0v) is 19.5. The fourth-order valence-electron chi connectivity index (χ4n) is 3.77. The van der Waals surface area contributed by atoms with E-state index < -0.39 is 0 Å². The van der Waals surface area contributed by atoms with E-state index in [2.05, 4.69) is 41.1 Å². The third-order valence-electron chi connectivity index (χ3n) is 5.59. The quantitative estimate of drug-likeness (QED) is 0.432. The van der Waals surface area contributed by atoms with Crippen molar-refractivity contribution in [2.45, 2.75) is 37.9 Å². The van der Waals surface area contributed by atoms with Gasteiger partial charge in [0.15, 0.2) is 11.5 Å². The number of halogens is 1. The van der Waals surface area contributed by atoms with Gasteiger partial charge in [0.1, 0.15) is 17.6 Å². The van der Waals surface area contributed by atoms with E-state index in [0.29, 0.717) is 29.6 Å². The second-order valence-electron chi connectivity index (χ2n) is 7.93. The number of nitrogens with one attached hydrogen (secondary N) is 1. The van der Waals surface area contributed by atoms with Crippen molar-refractivity contribution < 1.29 is 9.53 Å². The Bertz CT molecular complexity index is 1100. The lowest BCUT2D eigenvalue weighted by Crippen LogP contribution is -2.27. The summed E-state index contributed by atoms with van der Waals surface area (Å²) < 4.78 is 8.60. The van der Waals surface area contributed by atoms with Crippen molar-refractivity contribution in [3.63, 3.8) is 0 Å². The largest absolute Gasteiger partial charge is 0.495 e. The molecule has 1 aliphatic carbocycles. The third kappa shape index (κ3) is 4.78. The van der Waals surface area contributed by atoms with E-state index in [0.717, 1.165) is 47.4 Å². The number of aromatic nitrogens is 4. The van der Waals surface area contributed by atoms with Gasteiger partial charge in [0.25, 0.3) is 0 Å². The van der Waals surface area contributed by atoms with Gasteiger partial charge in [-0.15, -0.1) is 0 Å². The van der Waals surface area contributed by atoms with Gasteiger partial charge in [0.2, 0.25) is 6.41 Å². The highest BCUT2D eigenvalue weighted by Gasteiger charge is 2.26. The van der Waals surface area contributed by atoms with Gasteiger partial charge in [-0.25, -0.2) is 15.0 Å². The van der Waals surface area contributed by atoms with Crippen LogP contribution in [0.2, 0.25) is 0 Å². The van der Waals surface area contributed by atoms with E-state index in [-0.39, 0.29) is 6.04 Å². The van der Waals surface area contributed by atoms with Crippen LogP contribution >= 0.6 is 15.9 Å². The van der Waals surface area contributed by atoms with Crippen molar-refractivity contribution in [1.82, 2.24) is 24.8 Å². The minimum absolute atomic E-state index is 0.174. The fraction of sp³-hybridized carbons (Fsp3) is 0.429. The van der Waals surface area contributed by atoms with Gasteiger partial charge >= 0.3 is 0 Å². The summed E-state index contributed by atoms with van der Waals surface area (Å²) >= 11 is 3.69. The number of carbonyl (C=O) groups excluding carboxylic acids is 1. The number of amides is 1. The number of imidazole rings is 1. The molecule has 32 heavy (non-hydrogen) atoms. The van der Waals surface area contributed by atoms with Crippen LogP contribution in [-0.4, -0.2) is 58.2 Å². The Labute approximate surface area is 194 Å². The topological polar surface area (TPSA) is 137 Å². The third-order valence-corrected chi connectivity index (χ3v) is 6.33. The maximum Gasteiger partial charge on any atom is 0.207 e. The molecular formula is C21H27BrN8O2. The molecule has 0 bridgehead atoms. The average Bonchev–Trinajstić information content (AvgIpc) is 3.35. The van der Waals surface area contributed by atoms with Gasteiger partial charge in [0.05, 0.1) is 25.7 Å². The number of benzene rings is 1. The molecule has 1 atom stereocenters. The molecule has 1 aliphatic heterocycles. The van der Waals surface area contributed by atoms with Gasteiger partial charge in [0, 0.05) is 35.2 Å². The van der Waals surface area contributed by atoms with E-state index >= 15 is 0 Å². The van der Waals surface area contributed by atoms with Gasteiger partial charge in [-0.1, -0.05) is 15.9 Å². The van der Waals surface area contributed by atoms with E-state index in [1.54, 1.807) is 13.4 Å². The SMILES string of the molecule is COc1ccc(Br)c(Cn2cnc3c(N)ncnc32)c1N1CCC(N)C1.O=CNC1CC1. The number of fused-ring (bicyclic) bond motifs is 1. The molecule has 0 radical (unpaired) electrons. The van der Waals surface area contributed by atoms with Crippen LogP contribution in [0.5, 0.6) is 5.75 Å². The van der Waals surface area contributed by atoms with Crippen LogP contribution in [0.25, 0.3) is 11.2 Å². The molecule has 1 saturated heterocycles. The van der Waals surface area contributed by atoms with Crippen molar-refractivity contribution >= 4 is 45.0 Å². The summed E-state index contributed by atoms with van der Waals surface area (Å²) in [5.41, 5.74) is 15.5. The van der Waals surface area contributed by atoms with Crippen LogP contribution in [0, 0.1) is 0 Å². The summed E-state index contributed by atoms with van der Waals surface area (Å²) in [6.45, 7) is 2.28. The predicted octanol–water partition coefficient (Wildman–Crippen LogP) is 1.66. The Kier molecular flexibility index (Phi) is 6.75. The molecule has 170 valence electrons. The smallest absolute Gasteiger partial charge is 0.207 e. The van der Waals surface area contributed by atoms with Crippen LogP contribution in [0.4, 0.5) is 11.5 Å². The maximum atomic E-state index is 9.54. The first-order valence-electron chi connectivity index (χ1n) is 10.5. The van der Waals surface area contributed by atoms with Crippen LogP contribution in [0.15, 0.2) is 29.3 Å². The van der Waals surface area contributed by atoms with E-state index in [9.17, 15) is 4.79 Å². The first-order chi connectivity index (χ1) is 15.5. The number of anilines is 2. The number of methoxy groups -OCH3 is 1. The molecule has 5 rings (SSSR count). The second-order valence-corrected chi connectivity index (χ2v) is 8.79. The molecular weight excluding hydrogens is 476 g/mol. The minimum Gasteiger partial charge on any atom is -0.495 e. The number of carbonyl (C=O) groups is 1. The summed E-state index contributed by atoms with van der Waals surface area (Å²) in [4.78, 5) is 24.5. The molecule has 1 unspecified atom stereocenters. The predicted molar refractivity (Wildman–Crippen MR) is 127 cm³/mol. The average molecular weight is 503 g/mol. The summed E-state index contributed by atoms with van der Waals surface area (Å²) in [6, 6.07) is 4.67. The van der Waals surface area contributed by atoms with Crippen molar-refractivity contribution in [3.05, 3.63) is 34.8 Å². The number of ether oxygens (including phenoxy) is 1.